The maximum atomic E-state index is 11.8. The van der Waals surface area contributed by atoms with Crippen LogP contribution in [0.5, 0.6) is 5.75 Å². The number of aromatic carboxylic acids is 1. The van der Waals surface area contributed by atoms with Crippen molar-refractivity contribution in [2.75, 3.05) is 6.61 Å². The van der Waals surface area contributed by atoms with Crippen molar-refractivity contribution in [2.24, 2.45) is 0 Å². The van der Waals surface area contributed by atoms with Crippen LogP contribution in [0.1, 0.15) is 39.2 Å². The smallest absolute Gasteiger partial charge is 0.228 e. The molecule has 5 nitrogen and oxygen atoms in total. The highest BCUT2D eigenvalue weighted by Gasteiger charge is 2.12. The van der Waals surface area contributed by atoms with E-state index in [0.29, 0.717) is 5.75 Å². The highest BCUT2D eigenvalue weighted by molar-refractivity contribution is 7.11. The van der Waals surface area contributed by atoms with Gasteiger partial charge in [0.2, 0.25) is 5.78 Å². The van der Waals surface area contributed by atoms with Crippen LogP contribution < -0.4 is 9.84 Å². The molecule has 2 rings (SSSR count). The lowest BCUT2D eigenvalue weighted by Crippen LogP contribution is -2.23. The first-order valence-electron chi connectivity index (χ1n) is 6.52. The maximum absolute atomic E-state index is 11.8. The van der Waals surface area contributed by atoms with Gasteiger partial charge < -0.3 is 14.6 Å². The Morgan fingerprint density at radius 2 is 2.00 bits per heavy atom. The number of nitrogens with zero attached hydrogens (tertiary/aromatic N) is 1. The van der Waals surface area contributed by atoms with Crippen molar-refractivity contribution in [3.63, 3.8) is 0 Å². The fourth-order valence-corrected chi connectivity index (χ4v) is 2.46. The number of aryl methyl sites for hydroxylation is 1. The molecule has 0 aliphatic carbocycles. The molecule has 0 fully saturated rings. The second-order valence-corrected chi connectivity index (χ2v) is 5.29. The third kappa shape index (κ3) is 4.13. The lowest BCUT2D eigenvalue weighted by Gasteiger charge is -2.05. The normalized spacial score (nSPS) is 10.3. The van der Waals surface area contributed by atoms with Crippen molar-refractivity contribution in [3.8, 4) is 5.75 Å². The maximum Gasteiger partial charge on any atom is 0.228 e. The summed E-state index contributed by atoms with van der Waals surface area (Å²) in [5.74, 6) is -1.15. The van der Waals surface area contributed by atoms with Crippen LogP contribution in [-0.2, 0) is 6.42 Å². The van der Waals surface area contributed by atoms with E-state index < -0.39 is 5.97 Å². The molecule has 0 amide bonds. The Labute approximate surface area is 126 Å². The summed E-state index contributed by atoms with van der Waals surface area (Å²) in [6.07, 6.45) is 2.08. The molecule has 1 aromatic heterocycles. The first kappa shape index (κ1) is 15.2. The van der Waals surface area contributed by atoms with Crippen LogP contribution in [0.4, 0.5) is 0 Å². The summed E-state index contributed by atoms with van der Waals surface area (Å²) in [4.78, 5) is 26.1. The van der Waals surface area contributed by atoms with Gasteiger partial charge in [-0.15, -0.1) is 11.3 Å². The number of ketones is 1. The van der Waals surface area contributed by atoms with Crippen molar-refractivity contribution >= 4 is 23.1 Å². The molecule has 0 N–H and O–H groups in total. The highest BCUT2D eigenvalue weighted by atomic mass is 32.1. The molecule has 0 saturated heterocycles. The van der Waals surface area contributed by atoms with E-state index in [4.69, 9.17) is 4.74 Å². The van der Waals surface area contributed by atoms with Gasteiger partial charge in [-0.1, -0.05) is 25.5 Å². The number of rotatable bonds is 7. The number of carbonyl (C=O) groups excluding carboxylic acids is 2. The molecule has 0 unspecified atom stereocenters. The molecule has 6 heteroatoms. The van der Waals surface area contributed by atoms with Gasteiger partial charge >= 0.3 is 0 Å². The molecule has 1 aromatic carbocycles. The topological polar surface area (TPSA) is 79.3 Å². The summed E-state index contributed by atoms with van der Waals surface area (Å²) in [6.45, 7) is 1.94. The van der Waals surface area contributed by atoms with Crippen molar-refractivity contribution in [2.45, 2.75) is 19.8 Å². The fourth-order valence-electron chi connectivity index (χ4n) is 1.75. The van der Waals surface area contributed by atoms with E-state index in [9.17, 15) is 14.7 Å². The van der Waals surface area contributed by atoms with E-state index in [-0.39, 0.29) is 23.1 Å². The number of thiazole rings is 1. The molecule has 21 heavy (non-hydrogen) atoms. The summed E-state index contributed by atoms with van der Waals surface area (Å²) in [7, 11) is 0. The highest BCUT2D eigenvalue weighted by Crippen LogP contribution is 2.15. The zero-order chi connectivity index (χ0) is 15.2. The summed E-state index contributed by atoms with van der Waals surface area (Å²) < 4.78 is 5.38. The minimum Gasteiger partial charge on any atom is -0.543 e. The zero-order valence-corrected chi connectivity index (χ0v) is 12.3. The first-order valence-corrected chi connectivity index (χ1v) is 7.40. The number of hydrogen-bond acceptors (Lipinski definition) is 6. The predicted molar refractivity (Wildman–Crippen MR) is 76.7 cm³/mol. The number of hydrogen-bond donors (Lipinski definition) is 0. The number of aromatic nitrogens is 1. The standard InChI is InChI=1S/C15H15NO4S/c1-2-3-10-4-6-11(7-5-10)20-8-13(17)14-16-12(9-21-14)15(18)19/h4-7,9H,2-3,8H2,1H3,(H,18,19)/p-1. The van der Waals surface area contributed by atoms with Gasteiger partial charge in [-0.05, 0) is 24.1 Å². The molecule has 1 heterocycles. The Morgan fingerprint density at radius 3 is 2.57 bits per heavy atom. The molecule has 0 saturated carbocycles. The predicted octanol–water partition coefficient (Wildman–Crippen LogP) is 1.72. The number of benzene rings is 1. The number of carboxylic acids is 1. The average molecular weight is 304 g/mol. The molecule has 0 bridgehead atoms. The van der Waals surface area contributed by atoms with Crippen molar-refractivity contribution < 1.29 is 19.4 Å². The minimum absolute atomic E-state index is 0.108. The second-order valence-electron chi connectivity index (χ2n) is 4.43. The van der Waals surface area contributed by atoms with Gasteiger partial charge in [0.1, 0.15) is 5.75 Å². The molecule has 0 spiro atoms. The Hall–Kier alpha value is -2.21. The van der Waals surface area contributed by atoms with Gasteiger partial charge in [-0.3, -0.25) is 4.79 Å². The fraction of sp³-hybridized carbons (Fsp3) is 0.267. The van der Waals surface area contributed by atoms with Gasteiger partial charge in [0, 0.05) is 5.38 Å². The number of carboxylic acid groups (broad SMARTS) is 1. The zero-order valence-electron chi connectivity index (χ0n) is 11.5. The molecular weight excluding hydrogens is 290 g/mol. The van der Waals surface area contributed by atoms with Crippen LogP contribution in [-0.4, -0.2) is 23.3 Å². The van der Waals surface area contributed by atoms with Crippen LogP contribution in [0.15, 0.2) is 29.6 Å². The third-order valence-corrected chi connectivity index (χ3v) is 3.67. The lowest BCUT2D eigenvalue weighted by molar-refractivity contribution is -0.255. The SMILES string of the molecule is CCCc1ccc(OCC(=O)c2nc(C(=O)[O-])cs2)cc1. The quantitative estimate of drug-likeness (QED) is 0.728. The molecule has 0 radical (unpaired) electrons. The minimum atomic E-state index is -1.39. The van der Waals surface area contributed by atoms with Gasteiger partial charge in [-0.2, -0.15) is 0 Å². The van der Waals surface area contributed by atoms with Crippen LogP contribution in [0, 0.1) is 0 Å². The first-order chi connectivity index (χ1) is 10.1. The van der Waals surface area contributed by atoms with Gasteiger partial charge in [0.15, 0.2) is 11.6 Å². The summed E-state index contributed by atoms with van der Waals surface area (Å²) in [5, 5.41) is 12.0. The van der Waals surface area contributed by atoms with E-state index in [0.717, 1.165) is 24.2 Å². The summed E-state index contributed by atoms with van der Waals surface area (Å²) in [5.41, 5.74) is 0.988. The summed E-state index contributed by atoms with van der Waals surface area (Å²) in [6, 6.07) is 7.54. The Kier molecular flexibility index (Phi) is 5.05. The van der Waals surface area contributed by atoms with E-state index in [2.05, 4.69) is 11.9 Å². The monoisotopic (exact) mass is 304 g/mol. The van der Waals surface area contributed by atoms with Crippen LogP contribution in [0.25, 0.3) is 0 Å². The third-order valence-electron chi connectivity index (χ3n) is 2.78. The molecule has 110 valence electrons. The number of ether oxygens (including phenoxy) is 1. The van der Waals surface area contributed by atoms with Gasteiger partial charge in [0.05, 0.1) is 11.7 Å². The molecule has 0 aliphatic heterocycles. The number of Topliss-reactive ketones (excluding diaryl/α,β-unsaturated/α-hetero) is 1. The van der Waals surface area contributed by atoms with Gasteiger partial charge in [0.25, 0.3) is 0 Å². The molecule has 0 aliphatic rings. The number of carbonyl (C=O) groups is 2. The van der Waals surface area contributed by atoms with Gasteiger partial charge in [-0.25, -0.2) is 4.98 Å². The van der Waals surface area contributed by atoms with Crippen molar-refractivity contribution in [1.82, 2.24) is 4.98 Å². The van der Waals surface area contributed by atoms with Crippen molar-refractivity contribution in [3.05, 3.63) is 45.9 Å². The summed E-state index contributed by atoms with van der Waals surface area (Å²) >= 11 is 0.969. The van der Waals surface area contributed by atoms with E-state index >= 15 is 0 Å². The molecule has 0 atom stereocenters. The van der Waals surface area contributed by atoms with Crippen LogP contribution in [0.2, 0.25) is 0 Å². The Balaban J connectivity index is 1.92. The average Bonchev–Trinajstić information content (AvgIpc) is 2.97. The van der Waals surface area contributed by atoms with E-state index in [1.54, 1.807) is 0 Å². The van der Waals surface area contributed by atoms with Crippen LogP contribution in [0.3, 0.4) is 0 Å². The molecular formula is C15H14NO4S-. The Morgan fingerprint density at radius 1 is 1.29 bits per heavy atom. The van der Waals surface area contributed by atoms with Crippen LogP contribution >= 0.6 is 11.3 Å². The Bertz CT molecular complexity index is 633. The largest absolute Gasteiger partial charge is 0.543 e. The lowest BCUT2D eigenvalue weighted by atomic mass is 10.1. The van der Waals surface area contributed by atoms with E-state index in [1.165, 1.54) is 10.9 Å². The van der Waals surface area contributed by atoms with Crippen molar-refractivity contribution in [1.29, 1.82) is 0 Å². The second kappa shape index (κ2) is 6.99. The van der Waals surface area contributed by atoms with E-state index in [1.807, 2.05) is 24.3 Å². The molecule has 2 aromatic rings.